The second-order valence-corrected chi connectivity index (χ2v) is 5.71. The minimum Gasteiger partial charge on any atom is -0.483 e. The monoisotopic (exact) mass is 362 g/mol. The minimum atomic E-state index is -0.635. The molecule has 3 N–H and O–H groups in total. The minimum absolute atomic E-state index is 0.233. The highest BCUT2D eigenvalue weighted by atomic mass is 16.6. The summed E-state index contributed by atoms with van der Waals surface area (Å²) >= 11 is 0. The van der Waals surface area contributed by atoms with Crippen LogP contribution in [-0.2, 0) is 14.3 Å². The molecule has 1 aromatic carbocycles. The molecule has 0 bridgehead atoms. The van der Waals surface area contributed by atoms with E-state index in [9.17, 15) is 9.90 Å². The number of rotatable bonds is 3. The molecule has 10 heteroatoms. The molecule has 4 atom stereocenters. The molecule has 26 heavy (non-hydrogen) atoms. The number of ether oxygens (including phenoxy) is 2. The molecule has 0 saturated carbocycles. The van der Waals surface area contributed by atoms with Crippen LogP contribution < -0.4 is 5.32 Å². The number of carboxylic acid groups (broad SMARTS) is 1. The molecule has 138 valence electrons. The Morgan fingerprint density at radius 2 is 2.00 bits per heavy atom. The summed E-state index contributed by atoms with van der Waals surface area (Å²) in [6.45, 7) is 0.306. The molecular formula is C16H18N4O6. The summed E-state index contributed by atoms with van der Waals surface area (Å²) < 4.78 is 12.6. The van der Waals surface area contributed by atoms with Crippen molar-refractivity contribution in [1.29, 1.82) is 0 Å². The quantitative estimate of drug-likeness (QED) is 0.605. The molecule has 10 nitrogen and oxygen atoms in total. The van der Waals surface area contributed by atoms with Crippen LogP contribution in [0.15, 0.2) is 36.9 Å². The van der Waals surface area contributed by atoms with Gasteiger partial charge >= 0.3 is 0 Å². The second-order valence-electron chi connectivity index (χ2n) is 5.71. The Kier molecular flexibility index (Phi) is 5.56. The maximum Gasteiger partial charge on any atom is 0.290 e. The van der Waals surface area contributed by atoms with Gasteiger partial charge in [-0.05, 0) is 12.1 Å². The van der Waals surface area contributed by atoms with Crippen molar-refractivity contribution in [2.45, 2.75) is 24.4 Å². The molecule has 1 amide bonds. The fourth-order valence-corrected chi connectivity index (χ4v) is 3.05. The predicted molar refractivity (Wildman–Crippen MR) is 86.8 cm³/mol. The molecule has 2 fully saturated rings. The summed E-state index contributed by atoms with van der Waals surface area (Å²) in [5.41, 5.74) is 1.13. The standard InChI is InChI=1S/C15H16N4O4.CH2O2/c20-12-6-23-13-10(5-22-14(12)13)18-15(21)9-3-1-2-4-11(9)19-8-16-7-17-19;2-1-3/h1-4,7-8,10,12-14,20H,5-6H2,(H,18,21);1H,(H,2,3)/t10-,12+,13+,14+;/m0./s1. The number of amides is 1. The number of fused-ring (bicyclic) bond motifs is 1. The Hall–Kier alpha value is -2.82. The molecule has 2 aliphatic rings. The molecule has 0 radical (unpaired) electrons. The number of hydrogen-bond donors (Lipinski definition) is 3. The van der Waals surface area contributed by atoms with E-state index in [2.05, 4.69) is 15.4 Å². The topological polar surface area (TPSA) is 136 Å². The Morgan fingerprint density at radius 1 is 1.27 bits per heavy atom. The lowest BCUT2D eigenvalue weighted by Crippen LogP contribution is -2.44. The lowest BCUT2D eigenvalue weighted by atomic mass is 10.1. The van der Waals surface area contributed by atoms with Gasteiger partial charge in [-0.2, -0.15) is 5.10 Å². The molecule has 3 heterocycles. The average molecular weight is 362 g/mol. The van der Waals surface area contributed by atoms with Gasteiger partial charge in [-0.3, -0.25) is 9.59 Å². The Morgan fingerprint density at radius 3 is 2.73 bits per heavy atom. The van der Waals surface area contributed by atoms with Gasteiger partial charge in [0.25, 0.3) is 12.4 Å². The Labute approximate surface area is 148 Å². The maximum absolute atomic E-state index is 12.6. The van der Waals surface area contributed by atoms with E-state index in [-0.39, 0.29) is 37.2 Å². The number of aliphatic hydroxyl groups excluding tert-OH is 1. The van der Waals surface area contributed by atoms with E-state index in [0.717, 1.165) is 0 Å². The van der Waals surface area contributed by atoms with Gasteiger partial charge in [-0.25, -0.2) is 9.67 Å². The molecule has 2 aliphatic heterocycles. The van der Waals surface area contributed by atoms with Gasteiger partial charge < -0.3 is 25.0 Å². The summed E-state index contributed by atoms with van der Waals surface area (Å²) in [5, 5.41) is 23.6. The Bertz CT molecular complexity index is 753. The SMILES string of the molecule is O=C(N[C@H]1CO[C@H]2[C@@H]1OC[C@H]2O)c1ccccc1-n1cncn1.O=CO. The van der Waals surface area contributed by atoms with Crippen LogP contribution in [0.5, 0.6) is 0 Å². The number of nitrogens with one attached hydrogen (secondary N) is 1. The molecule has 0 aliphatic carbocycles. The first-order valence-corrected chi connectivity index (χ1v) is 7.89. The molecule has 2 saturated heterocycles. The zero-order chi connectivity index (χ0) is 18.5. The van der Waals surface area contributed by atoms with Gasteiger partial charge in [0, 0.05) is 0 Å². The summed E-state index contributed by atoms with van der Waals surface area (Å²) in [7, 11) is 0. The van der Waals surface area contributed by atoms with Crippen molar-refractivity contribution in [3.63, 3.8) is 0 Å². The van der Waals surface area contributed by atoms with Crippen LogP contribution in [0.4, 0.5) is 0 Å². The third-order valence-electron chi connectivity index (χ3n) is 4.16. The van der Waals surface area contributed by atoms with Crippen LogP contribution in [0, 0.1) is 0 Å². The van der Waals surface area contributed by atoms with Crippen LogP contribution in [0.2, 0.25) is 0 Å². The third kappa shape index (κ3) is 3.57. The number of aliphatic hydroxyl groups is 1. The van der Waals surface area contributed by atoms with E-state index in [1.807, 2.05) is 6.07 Å². The predicted octanol–water partition coefficient (Wildman–Crippen LogP) is -0.775. The molecule has 2 aromatic rings. The van der Waals surface area contributed by atoms with Crippen LogP contribution in [0.25, 0.3) is 5.69 Å². The molecule has 4 rings (SSSR count). The number of aromatic nitrogens is 3. The zero-order valence-corrected chi connectivity index (χ0v) is 13.6. The van der Waals surface area contributed by atoms with Crippen molar-refractivity contribution in [2.75, 3.05) is 13.2 Å². The number of hydrogen-bond acceptors (Lipinski definition) is 7. The average Bonchev–Trinajstić information content (AvgIpc) is 3.37. The lowest BCUT2D eigenvalue weighted by molar-refractivity contribution is -0.122. The fourth-order valence-electron chi connectivity index (χ4n) is 3.05. The first kappa shape index (κ1) is 18.0. The first-order valence-electron chi connectivity index (χ1n) is 7.89. The molecular weight excluding hydrogens is 344 g/mol. The third-order valence-corrected chi connectivity index (χ3v) is 4.16. The highest BCUT2D eigenvalue weighted by molar-refractivity contribution is 5.98. The van der Waals surface area contributed by atoms with E-state index in [0.29, 0.717) is 17.9 Å². The van der Waals surface area contributed by atoms with Crippen LogP contribution in [0.1, 0.15) is 10.4 Å². The largest absolute Gasteiger partial charge is 0.483 e. The van der Waals surface area contributed by atoms with E-state index >= 15 is 0 Å². The van der Waals surface area contributed by atoms with Crippen LogP contribution in [0.3, 0.4) is 0 Å². The molecule has 1 aromatic heterocycles. The van der Waals surface area contributed by atoms with Crippen molar-refractivity contribution in [2.24, 2.45) is 0 Å². The summed E-state index contributed by atoms with van der Waals surface area (Å²) in [6, 6.07) is 6.86. The van der Waals surface area contributed by atoms with Gasteiger partial charge in [0.15, 0.2) is 0 Å². The summed E-state index contributed by atoms with van der Waals surface area (Å²) in [4.78, 5) is 24.9. The van der Waals surface area contributed by atoms with Crippen molar-refractivity contribution < 1.29 is 29.3 Å². The highest BCUT2D eigenvalue weighted by Crippen LogP contribution is 2.27. The number of carbonyl (C=O) groups excluding carboxylic acids is 1. The van der Waals surface area contributed by atoms with Crippen molar-refractivity contribution >= 4 is 12.4 Å². The van der Waals surface area contributed by atoms with Gasteiger partial charge in [0.05, 0.1) is 30.5 Å². The van der Waals surface area contributed by atoms with E-state index in [1.54, 1.807) is 22.9 Å². The summed E-state index contributed by atoms with van der Waals surface area (Å²) in [5.74, 6) is -0.240. The van der Waals surface area contributed by atoms with Gasteiger partial charge in [0.1, 0.15) is 31.0 Å². The van der Waals surface area contributed by atoms with Gasteiger partial charge in [-0.15, -0.1) is 0 Å². The fraction of sp³-hybridized carbons (Fsp3) is 0.375. The van der Waals surface area contributed by atoms with Gasteiger partial charge in [-0.1, -0.05) is 12.1 Å². The number of carbonyl (C=O) groups is 2. The van der Waals surface area contributed by atoms with Gasteiger partial charge in [0.2, 0.25) is 0 Å². The normalized spacial score (nSPS) is 26.5. The zero-order valence-electron chi connectivity index (χ0n) is 13.6. The number of nitrogens with zero attached hydrogens (tertiary/aromatic N) is 3. The first-order chi connectivity index (χ1) is 12.7. The Balaban J connectivity index is 0.000000613. The smallest absolute Gasteiger partial charge is 0.290 e. The van der Waals surface area contributed by atoms with Crippen molar-refractivity contribution in [3.8, 4) is 5.69 Å². The second kappa shape index (κ2) is 8.04. The van der Waals surface area contributed by atoms with Crippen molar-refractivity contribution in [1.82, 2.24) is 20.1 Å². The van der Waals surface area contributed by atoms with Crippen molar-refractivity contribution in [3.05, 3.63) is 42.5 Å². The molecule has 0 unspecified atom stereocenters. The molecule has 0 spiro atoms. The highest BCUT2D eigenvalue weighted by Gasteiger charge is 2.47. The van der Waals surface area contributed by atoms with Crippen LogP contribution >= 0.6 is 0 Å². The number of benzene rings is 1. The maximum atomic E-state index is 12.6. The van der Waals surface area contributed by atoms with E-state index < -0.39 is 6.10 Å². The lowest BCUT2D eigenvalue weighted by Gasteiger charge is -2.18. The van der Waals surface area contributed by atoms with Crippen LogP contribution in [-0.4, -0.2) is 74.9 Å². The summed E-state index contributed by atoms with van der Waals surface area (Å²) in [6.07, 6.45) is 1.64. The van der Waals surface area contributed by atoms with E-state index in [4.69, 9.17) is 19.4 Å². The van der Waals surface area contributed by atoms with E-state index in [1.165, 1.54) is 12.7 Å². The number of para-hydroxylation sites is 1.